The van der Waals surface area contributed by atoms with Crippen molar-refractivity contribution in [3.8, 4) is 0 Å². The molecular formula is C23H29FN2O3S. The third-order valence-corrected chi connectivity index (χ3v) is 7.62. The molecule has 0 unspecified atom stereocenters. The van der Waals surface area contributed by atoms with Gasteiger partial charge in [-0.05, 0) is 61.6 Å². The summed E-state index contributed by atoms with van der Waals surface area (Å²) < 4.78 is 41.3. The van der Waals surface area contributed by atoms with E-state index in [1.807, 2.05) is 32.0 Å². The van der Waals surface area contributed by atoms with Crippen molar-refractivity contribution in [2.75, 3.05) is 11.9 Å². The Labute approximate surface area is 178 Å². The van der Waals surface area contributed by atoms with Gasteiger partial charge in [-0.2, -0.15) is 4.31 Å². The Morgan fingerprint density at radius 2 is 1.77 bits per heavy atom. The van der Waals surface area contributed by atoms with Crippen LogP contribution in [-0.4, -0.2) is 31.2 Å². The zero-order chi connectivity index (χ0) is 21.7. The molecule has 1 fully saturated rings. The molecule has 0 saturated heterocycles. The van der Waals surface area contributed by atoms with E-state index in [1.54, 1.807) is 0 Å². The van der Waals surface area contributed by atoms with E-state index in [0.717, 1.165) is 67.5 Å². The second kappa shape index (κ2) is 9.71. The molecule has 2 aromatic rings. The molecule has 1 saturated carbocycles. The highest BCUT2D eigenvalue weighted by Crippen LogP contribution is 2.28. The number of sulfonamides is 1. The summed E-state index contributed by atoms with van der Waals surface area (Å²) in [5, 5.41) is 2.93. The number of anilines is 1. The van der Waals surface area contributed by atoms with E-state index in [2.05, 4.69) is 5.32 Å². The van der Waals surface area contributed by atoms with Crippen LogP contribution in [-0.2, 0) is 21.2 Å². The highest BCUT2D eigenvalue weighted by Gasteiger charge is 2.34. The Hall–Kier alpha value is -2.25. The maximum absolute atomic E-state index is 13.3. The summed E-state index contributed by atoms with van der Waals surface area (Å²) in [6.45, 7) is 3.67. The average molecular weight is 433 g/mol. The number of carbonyl (C=O) groups is 1. The molecule has 0 aliphatic heterocycles. The lowest BCUT2D eigenvalue weighted by Crippen LogP contribution is -2.45. The Morgan fingerprint density at radius 3 is 2.40 bits per heavy atom. The summed E-state index contributed by atoms with van der Waals surface area (Å²) >= 11 is 0. The third-order valence-electron chi connectivity index (χ3n) is 5.71. The fourth-order valence-electron chi connectivity index (χ4n) is 4.04. The number of aryl methyl sites for hydroxylation is 2. The van der Waals surface area contributed by atoms with Gasteiger partial charge < -0.3 is 5.32 Å². The van der Waals surface area contributed by atoms with E-state index in [9.17, 15) is 17.6 Å². The second-order valence-electron chi connectivity index (χ2n) is 7.81. The standard InChI is InChI=1S/C23H29FN2O3S/c1-3-18-9-7-8-17(2)23(18)25-22(27)16-26(20-10-5-4-6-11-20)30(28,29)21-14-12-19(24)13-15-21/h7-9,12-15,20H,3-6,10-11,16H2,1-2H3,(H,25,27). The van der Waals surface area contributed by atoms with Gasteiger partial charge in [0.15, 0.2) is 0 Å². The van der Waals surface area contributed by atoms with Gasteiger partial charge in [0.1, 0.15) is 5.82 Å². The molecule has 0 bridgehead atoms. The zero-order valence-corrected chi connectivity index (χ0v) is 18.3. The van der Waals surface area contributed by atoms with E-state index in [0.29, 0.717) is 0 Å². The Balaban J connectivity index is 1.88. The number of benzene rings is 2. The molecule has 5 nitrogen and oxygen atoms in total. The number of halogens is 1. The molecule has 3 rings (SSSR count). The van der Waals surface area contributed by atoms with Gasteiger partial charge >= 0.3 is 0 Å². The minimum atomic E-state index is -3.92. The largest absolute Gasteiger partial charge is 0.324 e. The Morgan fingerprint density at radius 1 is 1.10 bits per heavy atom. The molecule has 30 heavy (non-hydrogen) atoms. The summed E-state index contributed by atoms with van der Waals surface area (Å²) in [5.74, 6) is -0.863. The van der Waals surface area contributed by atoms with Crippen LogP contribution in [0, 0.1) is 12.7 Å². The summed E-state index contributed by atoms with van der Waals surface area (Å²) in [6, 6.07) is 10.4. The number of hydrogen-bond acceptors (Lipinski definition) is 3. The van der Waals surface area contributed by atoms with Crippen molar-refractivity contribution in [1.82, 2.24) is 4.31 Å². The molecule has 0 atom stereocenters. The van der Waals surface area contributed by atoms with Crippen LogP contribution in [0.5, 0.6) is 0 Å². The van der Waals surface area contributed by atoms with Crippen LogP contribution in [0.25, 0.3) is 0 Å². The number of carbonyl (C=O) groups excluding carboxylic acids is 1. The van der Waals surface area contributed by atoms with Crippen LogP contribution < -0.4 is 5.32 Å². The Kier molecular flexibility index (Phi) is 7.26. The van der Waals surface area contributed by atoms with Crippen molar-refractivity contribution >= 4 is 21.6 Å². The van der Waals surface area contributed by atoms with Gasteiger partial charge in [0.05, 0.1) is 11.4 Å². The lowest BCUT2D eigenvalue weighted by atomic mass is 9.95. The maximum Gasteiger partial charge on any atom is 0.243 e. The predicted octanol–water partition coefficient (Wildman–Crippen LogP) is 4.66. The van der Waals surface area contributed by atoms with Crippen LogP contribution in [0.3, 0.4) is 0 Å². The van der Waals surface area contributed by atoms with Gasteiger partial charge in [0.2, 0.25) is 15.9 Å². The topological polar surface area (TPSA) is 66.5 Å². The van der Waals surface area contributed by atoms with Gasteiger partial charge in [0, 0.05) is 11.7 Å². The first-order valence-corrected chi connectivity index (χ1v) is 11.9. The van der Waals surface area contributed by atoms with E-state index >= 15 is 0 Å². The van der Waals surface area contributed by atoms with Crippen LogP contribution in [0.4, 0.5) is 10.1 Å². The third kappa shape index (κ3) is 5.08. The normalized spacial score (nSPS) is 15.3. The van der Waals surface area contributed by atoms with E-state index in [-0.39, 0.29) is 23.4 Å². The molecular weight excluding hydrogens is 403 g/mol. The molecule has 0 heterocycles. The van der Waals surface area contributed by atoms with Gasteiger partial charge in [-0.3, -0.25) is 4.79 Å². The molecule has 2 aromatic carbocycles. The minimum Gasteiger partial charge on any atom is -0.324 e. The molecule has 1 aliphatic carbocycles. The highest BCUT2D eigenvalue weighted by atomic mass is 32.2. The predicted molar refractivity (Wildman–Crippen MR) is 116 cm³/mol. The SMILES string of the molecule is CCc1cccc(C)c1NC(=O)CN(C1CCCCC1)S(=O)(=O)c1ccc(F)cc1. The first-order valence-electron chi connectivity index (χ1n) is 10.5. The molecule has 1 amide bonds. The van der Waals surface area contributed by atoms with Crippen molar-refractivity contribution < 1.29 is 17.6 Å². The number of hydrogen-bond donors (Lipinski definition) is 1. The summed E-state index contributed by atoms with van der Waals surface area (Å²) in [4.78, 5) is 12.9. The first-order chi connectivity index (χ1) is 14.3. The van der Waals surface area contributed by atoms with Gasteiger partial charge in [-0.1, -0.05) is 44.4 Å². The molecule has 0 aromatic heterocycles. The lowest BCUT2D eigenvalue weighted by Gasteiger charge is -2.33. The second-order valence-corrected chi connectivity index (χ2v) is 9.70. The van der Waals surface area contributed by atoms with Gasteiger partial charge in [-0.25, -0.2) is 12.8 Å². The van der Waals surface area contributed by atoms with Crippen molar-refractivity contribution in [1.29, 1.82) is 0 Å². The fraction of sp³-hybridized carbons (Fsp3) is 0.435. The monoisotopic (exact) mass is 432 g/mol. The quantitative estimate of drug-likeness (QED) is 0.692. The van der Waals surface area contributed by atoms with Crippen molar-refractivity contribution in [3.63, 3.8) is 0 Å². The van der Waals surface area contributed by atoms with E-state index in [4.69, 9.17) is 0 Å². The van der Waals surface area contributed by atoms with Crippen LogP contribution in [0.1, 0.15) is 50.2 Å². The van der Waals surface area contributed by atoms with Crippen LogP contribution in [0.15, 0.2) is 47.4 Å². The van der Waals surface area contributed by atoms with E-state index < -0.39 is 15.8 Å². The zero-order valence-electron chi connectivity index (χ0n) is 17.5. The highest BCUT2D eigenvalue weighted by molar-refractivity contribution is 7.89. The van der Waals surface area contributed by atoms with Gasteiger partial charge in [-0.15, -0.1) is 0 Å². The van der Waals surface area contributed by atoms with Crippen molar-refractivity contribution in [2.45, 2.75) is 63.3 Å². The molecule has 7 heteroatoms. The van der Waals surface area contributed by atoms with Crippen molar-refractivity contribution in [3.05, 3.63) is 59.4 Å². The molecule has 0 radical (unpaired) electrons. The molecule has 1 aliphatic rings. The number of rotatable bonds is 7. The fourth-order valence-corrected chi connectivity index (χ4v) is 5.69. The molecule has 1 N–H and O–H groups in total. The lowest BCUT2D eigenvalue weighted by molar-refractivity contribution is -0.116. The van der Waals surface area contributed by atoms with Crippen LogP contribution >= 0.6 is 0 Å². The van der Waals surface area contributed by atoms with Crippen molar-refractivity contribution in [2.24, 2.45) is 0 Å². The number of para-hydroxylation sites is 1. The summed E-state index contributed by atoms with van der Waals surface area (Å²) in [6.07, 6.45) is 5.13. The Bertz CT molecular complexity index is 984. The maximum atomic E-state index is 13.3. The van der Waals surface area contributed by atoms with Gasteiger partial charge in [0.25, 0.3) is 0 Å². The summed E-state index contributed by atoms with van der Waals surface area (Å²) in [7, 11) is -3.92. The van der Waals surface area contributed by atoms with Crippen LogP contribution in [0.2, 0.25) is 0 Å². The first kappa shape index (κ1) is 22.4. The van der Waals surface area contributed by atoms with E-state index in [1.165, 1.54) is 16.4 Å². The molecule has 0 spiro atoms. The average Bonchev–Trinajstić information content (AvgIpc) is 2.74. The minimum absolute atomic E-state index is 0.00686. The molecule has 162 valence electrons. The number of nitrogens with one attached hydrogen (secondary N) is 1. The summed E-state index contributed by atoms with van der Waals surface area (Å²) in [5.41, 5.74) is 2.69. The number of nitrogens with zero attached hydrogens (tertiary/aromatic N) is 1. The smallest absolute Gasteiger partial charge is 0.243 e. The number of amides is 1.